The maximum atomic E-state index is 5.91. The third-order valence-corrected chi connectivity index (χ3v) is 4.84. The van der Waals surface area contributed by atoms with E-state index in [1.54, 1.807) is 12.4 Å². The zero-order valence-corrected chi connectivity index (χ0v) is 15.3. The Bertz CT molecular complexity index is 758. The van der Waals surface area contributed by atoms with Crippen molar-refractivity contribution >= 4 is 11.6 Å². The van der Waals surface area contributed by atoms with Crippen LogP contribution in [0, 0.1) is 23.7 Å². The van der Waals surface area contributed by atoms with Crippen LogP contribution >= 0.6 is 11.6 Å². The Morgan fingerprint density at radius 3 is 2.40 bits per heavy atom. The van der Waals surface area contributed by atoms with Gasteiger partial charge in [0, 0.05) is 28.9 Å². The van der Waals surface area contributed by atoms with Crippen LogP contribution in [0.5, 0.6) is 0 Å². The predicted molar refractivity (Wildman–Crippen MR) is 104 cm³/mol. The first kappa shape index (κ1) is 17.7. The van der Waals surface area contributed by atoms with Crippen LogP contribution in [0.15, 0.2) is 48.8 Å². The van der Waals surface area contributed by atoms with Gasteiger partial charge in [-0.1, -0.05) is 42.5 Å². The summed E-state index contributed by atoms with van der Waals surface area (Å²) in [4.78, 5) is 8.84. The van der Waals surface area contributed by atoms with E-state index in [1.165, 1.54) is 25.7 Å². The van der Waals surface area contributed by atoms with Crippen LogP contribution < -0.4 is 0 Å². The number of hydrogen-bond donors (Lipinski definition) is 0. The summed E-state index contributed by atoms with van der Waals surface area (Å²) in [5.74, 6) is 8.61. The van der Waals surface area contributed by atoms with E-state index >= 15 is 0 Å². The lowest BCUT2D eigenvalue weighted by Gasteiger charge is -2.23. The van der Waals surface area contributed by atoms with Gasteiger partial charge in [0.2, 0.25) is 0 Å². The molecule has 2 aromatic rings. The smallest absolute Gasteiger partial charge is 0.159 e. The second-order valence-electron chi connectivity index (χ2n) is 6.52. The zero-order valence-electron chi connectivity index (χ0n) is 14.6. The van der Waals surface area contributed by atoms with Crippen LogP contribution in [0.1, 0.15) is 44.6 Å². The maximum Gasteiger partial charge on any atom is 0.159 e. The van der Waals surface area contributed by atoms with Crippen LogP contribution in [-0.2, 0) is 0 Å². The van der Waals surface area contributed by atoms with Gasteiger partial charge < -0.3 is 0 Å². The minimum Gasteiger partial charge on any atom is -0.235 e. The van der Waals surface area contributed by atoms with Crippen LogP contribution in [0.2, 0.25) is 5.02 Å². The molecule has 0 amide bonds. The summed E-state index contributed by atoms with van der Waals surface area (Å²) < 4.78 is 0. The van der Waals surface area contributed by atoms with E-state index in [4.69, 9.17) is 11.6 Å². The topological polar surface area (TPSA) is 25.8 Å². The Morgan fingerprint density at radius 2 is 1.76 bits per heavy atom. The molecule has 1 saturated carbocycles. The molecule has 0 N–H and O–H groups in total. The number of rotatable bonds is 3. The van der Waals surface area contributed by atoms with Crippen LogP contribution in [0.4, 0.5) is 0 Å². The first-order chi connectivity index (χ1) is 12.2. The van der Waals surface area contributed by atoms with Gasteiger partial charge >= 0.3 is 0 Å². The highest BCUT2D eigenvalue weighted by Gasteiger charge is 2.17. The van der Waals surface area contributed by atoms with Gasteiger partial charge in [-0.15, -0.1) is 0 Å². The lowest BCUT2D eigenvalue weighted by atomic mass is 9.82. The minimum absolute atomic E-state index is 0.502. The van der Waals surface area contributed by atoms with E-state index in [9.17, 15) is 0 Å². The van der Waals surface area contributed by atoms with E-state index in [0.717, 1.165) is 23.5 Å². The SMILES string of the molecule is CCC=C[C@H]1CC[C@H](C#Cc2cnc(-c3ccc(Cl)cc3)nc2)CC1. The van der Waals surface area contributed by atoms with E-state index in [-0.39, 0.29) is 0 Å². The summed E-state index contributed by atoms with van der Waals surface area (Å²) in [7, 11) is 0. The Morgan fingerprint density at radius 1 is 1.08 bits per heavy atom. The van der Waals surface area contributed by atoms with Gasteiger partial charge in [0.1, 0.15) is 0 Å². The number of aromatic nitrogens is 2. The molecule has 1 aliphatic carbocycles. The maximum absolute atomic E-state index is 5.91. The molecule has 1 aromatic carbocycles. The highest BCUT2D eigenvalue weighted by molar-refractivity contribution is 6.30. The Labute approximate surface area is 155 Å². The Balaban J connectivity index is 1.58. The molecular weight excluding hydrogens is 328 g/mol. The van der Waals surface area contributed by atoms with Gasteiger partial charge in [0.25, 0.3) is 0 Å². The molecule has 0 spiro atoms. The molecular formula is C22H23ClN2. The molecule has 1 aliphatic rings. The quantitative estimate of drug-likeness (QED) is 0.507. The fourth-order valence-corrected chi connectivity index (χ4v) is 3.24. The summed E-state index contributed by atoms with van der Waals surface area (Å²) >= 11 is 5.91. The molecule has 0 saturated heterocycles. The average Bonchev–Trinajstić information content (AvgIpc) is 2.67. The fraction of sp³-hybridized carbons (Fsp3) is 0.364. The number of benzene rings is 1. The van der Waals surface area contributed by atoms with Crippen molar-refractivity contribution in [2.24, 2.45) is 11.8 Å². The lowest BCUT2D eigenvalue weighted by molar-refractivity contribution is 0.364. The molecule has 2 nitrogen and oxygen atoms in total. The first-order valence-corrected chi connectivity index (χ1v) is 9.38. The van der Waals surface area contributed by atoms with Crippen molar-refractivity contribution in [2.75, 3.05) is 0 Å². The summed E-state index contributed by atoms with van der Waals surface area (Å²) in [6, 6.07) is 7.54. The second kappa shape index (κ2) is 8.83. The van der Waals surface area contributed by atoms with E-state index in [1.807, 2.05) is 24.3 Å². The van der Waals surface area contributed by atoms with Crippen molar-refractivity contribution in [1.29, 1.82) is 0 Å². The van der Waals surface area contributed by atoms with E-state index in [0.29, 0.717) is 16.8 Å². The summed E-state index contributed by atoms with van der Waals surface area (Å²) in [5, 5.41) is 0.714. The molecule has 1 heterocycles. The molecule has 1 aromatic heterocycles. The second-order valence-corrected chi connectivity index (χ2v) is 6.96. The van der Waals surface area contributed by atoms with Crippen molar-refractivity contribution in [3.63, 3.8) is 0 Å². The summed E-state index contributed by atoms with van der Waals surface area (Å²) in [6.45, 7) is 2.19. The van der Waals surface area contributed by atoms with Gasteiger partial charge in [0.05, 0.1) is 5.56 Å². The van der Waals surface area contributed by atoms with Gasteiger partial charge in [-0.3, -0.25) is 0 Å². The zero-order chi connectivity index (χ0) is 17.5. The fourth-order valence-electron chi connectivity index (χ4n) is 3.11. The average molecular weight is 351 g/mol. The van der Waals surface area contributed by atoms with Crippen molar-refractivity contribution in [3.8, 4) is 23.2 Å². The Kier molecular flexibility index (Phi) is 6.25. The highest BCUT2D eigenvalue weighted by atomic mass is 35.5. The molecule has 0 bridgehead atoms. The van der Waals surface area contributed by atoms with E-state index < -0.39 is 0 Å². The van der Waals surface area contributed by atoms with Gasteiger partial charge in [-0.2, -0.15) is 0 Å². The van der Waals surface area contributed by atoms with Crippen LogP contribution in [0.25, 0.3) is 11.4 Å². The monoisotopic (exact) mass is 350 g/mol. The number of nitrogens with zero attached hydrogens (tertiary/aromatic N) is 2. The standard InChI is InChI=1S/C22H23ClN2/c1-2-3-4-17-5-7-18(8-6-17)9-10-19-15-24-22(25-16-19)20-11-13-21(23)14-12-20/h3-4,11-18H,2,5-8H2,1H3/t17-,18-. The van der Waals surface area contributed by atoms with Crippen molar-refractivity contribution < 1.29 is 0 Å². The number of halogens is 1. The molecule has 3 heteroatoms. The highest BCUT2D eigenvalue weighted by Crippen LogP contribution is 2.29. The lowest BCUT2D eigenvalue weighted by Crippen LogP contribution is -2.11. The predicted octanol–water partition coefficient (Wildman–Crippen LogP) is 5.92. The molecule has 0 aliphatic heterocycles. The molecule has 3 rings (SSSR count). The van der Waals surface area contributed by atoms with Crippen molar-refractivity contribution in [3.05, 3.63) is 59.4 Å². The third kappa shape index (κ3) is 5.18. The molecule has 0 unspecified atom stereocenters. The number of allylic oxidation sites excluding steroid dienone is 2. The third-order valence-electron chi connectivity index (χ3n) is 4.59. The molecule has 25 heavy (non-hydrogen) atoms. The van der Waals surface area contributed by atoms with Gasteiger partial charge in [-0.05, 0) is 62.3 Å². The van der Waals surface area contributed by atoms with E-state index in [2.05, 4.69) is 40.9 Å². The van der Waals surface area contributed by atoms with Crippen molar-refractivity contribution in [1.82, 2.24) is 9.97 Å². The molecule has 128 valence electrons. The van der Waals surface area contributed by atoms with Gasteiger partial charge in [0.15, 0.2) is 5.82 Å². The van der Waals surface area contributed by atoms with Crippen LogP contribution in [0.3, 0.4) is 0 Å². The molecule has 0 radical (unpaired) electrons. The van der Waals surface area contributed by atoms with Crippen LogP contribution in [-0.4, -0.2) is 9.97 Å². The Hall–Kier alpha value is -2.11. The normalized spacial score (nSPS) is 20.2. The number of hydrogen-bond acceptors (Lipinski definition) is 2. The first-order valence-electron chi connectivity index (χ1n) is 9.01. The molecule has 0 atom stereocenters. The minimum atomic E-state index is 0.502. The summed E-state index contributed by atoms with van der Waals surface area (Å²) in [6.07, 6.45) is 14.3. The molecule has 1 fully saturated rings. The summed E-state index contributed by atoms with van der Waals surface area (Å²) in [5.41, 5.74) is 1.84. The van der Waals surface area contributed by atoms with Gasteiger partial charge in [-0.25, -0.2) is 9.97 Å². The largest absolute Gasteiger partial charge is 0.235 e. The van der Waals surface area contributed by atoms with Crippen molar-refractivity contribution in [2.45, 2.75) is 39.0 Å².